The second kappa shape index (κ2) is 3.30. The van der Waals surface area contributed by atoms with Crippen LogP contribution in [0.15, 0.2) is 12.1 Å². The molecule has 2 N–H and O–H groups in total. The van der Waals surface area contributed by atoms with E-state index in [1.54, 1.807) is 6.07 Å². The lowest BCUT2D eigenvalue weighted by atomic mass is 10.2. The Hall–Kier alpha value is -0.440. The molecule has 0 saturated heterocycles. The Morgan fingerprint density at radius 1 is 1.27 bits per heavy atom. The largest absolute Gasteiger partial charge is 0.505 e. The number of aromatic hydroxyl groups is 1. The summed E-state index contributed by atoms with van der Waals surface area (Å²) in [5, 5.41) is 18.1. The SMILES string of the molecule is OCc1ccc(Cl)c(O)c1Cl. The molecule has 2 nitrogen and oxygen atoms in total. The van der Waals surface area contributed by atoms with E-state index in [9.17, 15) is 0 Å². The van der Waals surface area contributed by atoms with Gasteiger partial charge in [-0.1, -0.05) is 29.3 Å². The van der Waals surface area contributed by atoms with Crippen molar-refractivity contribution in [2.24, 2.45) is 0 Å². The molecule has 0 amide bonds. The fraction of sp³-hybridized carbons (Fsp3) is 0.143. The first-order valence-electron chi connectivity index (χ1n) is 2.93. The standard InChI is InChI=1S/C7H6Cl2O2/c8-5-2-1-4(3-10)6(9)7(5)11/h1-2,10-11H,3H2. The second-order valence-electron chi connectivity index (χ2n) is 2.03. The molecule has 0 aromatic heterocycles. The zero-order valence-corrected chi connectivity index (χ0v) is 7.02. The highest BCUT2D eigenvalue weighted by molar-refractivity contribution is 6.37. The summed E-state index contributed by atoms with van der Waals surface area (Å²) in [5.41, 5.74) is 0.466. The smallest absolute Gasteiger partial charge is 0.153 e. The van der Waals surface area contributed by atoms with E-state index in [1.165, 1.54) is 6.07 Å². The van der Waals surface area contributed by atoms with Gasteiger partial charge in [-0.25, -0.2) is 0 Å². The average molecular weight is 193 g/mol. The van der Waals surface area contributed by atoms with Gasteiger partial charge in [0.15, 0.2) is 5.75 Å². The quantitative estimate of drug-likeness (QED) is 0.717. The molecule has 0 radical (unpaired) electrons. The Labute approximate surface area is 74.0 Å². The van der Waals surface area contributed by atoms with Gasteiger partial charge >= 0.3 is 0 Å². The topological polar surface area (TPSA) is 40.5 Å². The number of benzene rings is 1. The molecule has 0 atom stereocenters. The first-order valence-corrected chi connectivity index (χ1v) is 3.69. The molecule has 0 aliphatic rings. The molecule has 1 aromatic rings. The zero-order chi connectivity index (χ0) is 8.43. The molecule has 1 rings (SSSR count). The molecule has 0 spiro atoms. The van der Waals surface area contributed by atoms with Crippen LogP contribution in [0.5, 0.6) is 5.75 Å². The molecular formula is C7H6Cl2O2. The number of aliphatic hydroxyl groups excluding tert-OH is 1. The molecule has 11 heavy (non-hydrogen) atoms. The van der Waals surface area contributed by atoms with E-state index in [0.717, 1.165) is 0 Å². The molecule has 0 unspecified atom stereocenters. The summed E-state index contributed by atoms with van der Waals surface area (Å²) in [4.78, 5) is 0. The van der Waals surface area contributed by atoms with Crippen molar-refractivity contribution in [2.75, 3.05) is 0 Å². The normalized spacial score (nSPS) is 10.1. The monoisotopic (exact) mass is 192 g/mol. The van der Waals surface area contributed by atoms with E-state index in [-0.39, 0.29) is 22.4 Å². The number of aliphatic hydroxyl groups is 1. The summed E-state index contributed by atoms with van der Waals surface area (Å²) in [6.07, 6.45) is 0. The Kier molecular flexibility index (Phi) is 2.60. The lowest BCUT2D eigenvalue weighted by Crippen LogP contribution is -1.84. The molecule has 60 valence electrons. The highest BCUT2D eigenvalue weighted by Crippen LogP contribution is 2.33. The van der Waals surface area contributed by atoms with Gasteiger partial charge < -0.3 is 10.2 Å². The summed E-state index contributed by atoms with van der Waals surface area (Å²) in [7, 11) is 0. The molecular weight excluding hydrogens is 187 g/mol. The van der Waals surface area contributed by atoms with Crippen LogP contribution in [-0.4, -0.2) is 10.2 Å². The summed E-state index contributed by atoms with van der Waals surface area (Å²) in [5.74, 6) is -0.181. The van der Waals surface area contributed by atoms with Crippen molar-refractivity contribution >= 4 is 23.2 Å². The van der Waals surface area contributed by atoms with Gasteiger partial charge in [-0.05, 0) is 11.6 Å². The summed E-state index contributed by atoms with van der Waals surface area (Å²) in [6, 6.07) is 3.04. The van der Waals surface area contributed by atoms with Crippen molar-refractivity contribution in [3.8, 4) is 5.75 Å². The Bertz CT molecular complexity index is 273. The third kappa shape index (κ3) is 1.59. The Morgan fingerprint density at radius 3 is 2.45 bits per heavy atom. The minimum Gasteiger partial charge on any atom is -0.505 e. The van der Waals surface area contributed by atoms with Crippen LogP contribution in [0.4, 0.5) is 0 Å². The van der Waals surface area contributed by atoms with Gasteiger partial charge in [-0.15, -0.1) is 0 Å². The first kappa shape index (κ1) is 8.65. The minimum atomic E-state index is -0.205. The van der Waals surface area contributed by atoms with Gasteiger partial charge in [0.2, 0.25) is 0 Å². The molecule has 4 heteroatoms. The van der Waals surface area contributed by atoms with Gasteiger partial charge in [0, 0.05) is 0 Å². The molecule has 0 bridgehead atoms. The van der Waals surface area contributed by atoms with Crippen LogP contribution in [0.1, 0.15) is 5.56 Å². The Morgan fingerprint density at radius 2 is 1.91 bits per heavy atom. The van der Waals surface area contributed by atoms with Crippen molar-refractivity contribution in [1.29, 1.82) is 0 Å². The van der Waals surface area contributed by atoms with Gasteiger partial charge in [0.1, 0.15) is 0 Å². The number of rotatable bonds is 1. The maximum atomic E-state index is 9.14. The maximum absolute atomic E-state index is 9.14. The van der Waals surface area contributed by atoms with E-state index in [4.69, 9.17) is 33.4 Å². The second-order valence-corrected chi connectivity index (χ2v) is 2.81. The van der Waals surface area contributed by atoms with Crippen LogP contribution in [-0.2, 0) is 6.61 Å². The Balaban J connectivity index is 3.25. The number of halogens is 2. The van der Waals surface area contributed by atoms with Gasteiger partial charge in [-0.3, -0.25) is 0 Å². The predicted molar refractivity (Wildman–Crippen MR) is 44.0 cm³/mol. The van der Waals surface area contributed by atoms with Crippen LogP contribution in [0, 0.1) is 0 Å². The number of hydrogen-bond donors (Lipinski definition) is 2. The zero-order valence-electron chi connectivity index (χ0n) is 5.51. The fourth-order valence-electron chi connectivity index (χ4n) is 0.705. The van der Waals surface area contributed by atoms with Gasteiger partial charge in [0.25, 0.3) is 0 Å². The van der Waals surface area contributed by atoms with Gasteiger partial charge in [-0.2, -0.15) is 0 Å². The van der Waals surface area contributed by atoms with E-state index in [0.29, 0.717) is 5.56 Å². The summed E-state index contributed by atoms with van der Waals surface area (Å²) >= 11 is 11.1. The first-order chi connectivity index (χ1) is 5.16. The molecule has 0 aliphatic carbocycles. The molecule has 0 aliphatic heterocycles. The van der Waals surface area contributed by atoms with E-state index >= 15 is 0 Å². The van der Waals surface area contributed by atoms with Crippen molar-refractivity contribution in [3.63, 3.8) is 0 Å². The van der Waals surface area contributed by atoms with Crippen LogP contribution in [0.25, 0.3) is 0 Å². The van der Waals surface area contributed by atoms with Crippen LogP contribution < -0.4 is 0 Å². The fourth-order valence-corrected chi connectivity index (χ4v) is 1.14. The van der Waals surface area contributed by atoms with Crippen LogP contribution in [0.2, 0.25) is 10.0 Å². The van der Waals surface area contributed by atoms with Crippen LogP contribution >= 0.6 is 23.2 Å². The van der Waals surface area contributed by atoms with E-state index < -0.39 is 0 Å². The van der Waals surface area contributed by atoms with Crippen molar-refractivity contribution in [2.45, 2.75) is 6.61 Å². The lowest BCUT2D eigenvalue weighted by molar-refractivity contribution is 0.281. The maximum Gasteiger partial charge on any atom is 0.153 e. The highest BCUT2D eigenvalue weighted by atomic mass is 35.5. The minimum absolute atomic E-state index is 0.111. The molecule has 0 heterocycles. The summed E-state index contributed by atoms with van der Waals surface area (Å²) in [6.45, 7) is -0.205. The third-order valence-electron chi connectivity index (χ3n) is 1.32. The van der Waals surface area contributed by atoms with E-state index in [1.807, 2.05) is 0 Å². The molecule has 1 aromatic carbocycles. The highest BCUT2D eigenvalue weighted by Gasteiger charge is 2.07. The van der Waals surface area contributed by atoms with Crippen molar-refractivity contribution in [1.82, 2.24) is 0 Å². The summed E-state index contributed by atoms with van der Waals surface area (Å²) < 4.78 is 0. The lowest BCUT2D eigenvalue weighted by Gasteiger charge is -2.03. The van der Waals surface area contributed by atoms with Crippen molar-refractivity contribution in [3.05, 3.63) is 27.7 Å². The third-order valence-corrected chi connectivity index (χ3v) is 2.04. The number of phenolic OH excluding ortho intramolecular Hbond substituents is 1. The molecule has 0 saturated carbocycles. The number of hydrogen-bond acceptors (Lipinski definition) is 2. The number of phenols is 1. The average Bonchev–Trinajstić information content (AvgIpc) is 2.01. The van der Waals surface area contributed by atoms with Gasteiger partial charge in [0.05, 0.1) is 16.7 Å². The van der Waals surface area contributed by atoms with Crippen LogP contribution in [0.3, 0.4) is 0 Å². The predicted octanol–water partition coefficient (Wildman–Crippen LogP) is 2.19. The van der Waals surface area contributed by atoms with E-state index in [2.05, 4.69) is 0 Å². The van der Waals surface area contributed by atoms with Crippen molar-refractivity contribution < 1.29 is 10.2 Å². The molecule has 0 fully saturated rings.